The Kier molecular flexibility index (Phi) is 3.48. The van der Waals surface area contributed by atoms with Crippen LogP contribution in [0.3, 0.4) is 0 Å². The van der Waals surface area contributed by atoms with E-state index in [0.717, 1.165) is 31.5 Å². The highest BCUT2D eigenvalue weighted by Gasteiger charge is 2.35. The average Bonchev–Trinajstić information content (AvgIpc) is 2.09. The molecule has 1 saturated carbocycles. The van der Waals surface area contributed by atoms with Gasteiger partial charge in [0.2, 0.25) is 0 Å². The fourth-order valence-electron chi connectivity index (χ4n) is 2.24. The number of rotatable bonds is 3. The maximum Gasteiger partial charge on any atom is 0.120 e. The van der Waals surface area contributed by atoms with Crippen LogP contribution in [0.2, 0.25) is 0 Å². The van der Waals surface area contributed by atoms with E-state index < -0.39 is 5.60 Å². The van der Waals surface area contributed by atoms with Crippen LogP contribution in [-0.2, 0) is 4.79 Å². The molecule has 1 aliphatic carbocycles. The minimum absolute atomic E-state index is 0.498. The molecule has 0 heterocycles. The third-order valence-electron chi connectivity index (χ3n) is 3.47. The Morgan fingerprint density at radius 2 is 2.15 bits per heavy atom. The predicted octanol–water partition coefficient (Wildman–Crippen LogP) is 2.15. The van der Waals surface area contributed by atoms with Gasteiger partial charge in [0, 0.05) is 6.42 Å². The molecule has 0 bridgehead atoms. The molecule has 1 aliphatic rings. The highest BCUT2D eigenvalue weighted by molar-refractivity contribution is 5.49. The lowest BCUT2D eigenvalue weighted by Crippen LogP contribution is -2.37. The molecule has 2 nitrogen and oxygen atoms in total. The molecular formula is C11H20O2. The highest BCUT2D eigenvalue weighted by Crippen LogP contribution is 2.38. The molecule has 0 saturated heterocycles. The van der Waals surface area contributed by atoms with Crippen LogP contribution >= 0.6 is 0 Å². The lowest BCUT2D eigenvalue weighted by Gasteiger charge is -2.38. The lowest BCUT2D eigenvalue weighted by atomic mass is 9.71. The van der Waals surface area contributed by atoms with Crippen molar-refractivity contribution in [3.63, 3.8) is 0 Å². The van der Waals surface area contributed by atoms with Crippen molar-refractivity contribution < 1.29 is 9.90 Å². The molecule has 3 unspecified atom stereocenters. The van der Waals surface area contributed by atoms with Gasteiger partial charge in [0.25, 0.3) is 0 Å². The first-order valence-electron chi connectivity index (χ1n) is 5.23. The number of hydrogen-bond donors (Lipinski definition) is 1. The third-order valence-corrected chi connectivity index (χ3v) is 3.47. The van der Waals surface area contributed by atoms with E-state index in [0.29, 0.717) is 18.8 Å². The van der Waals surface area contributed by atoms with Gasteiger partial charge in [-0.05, 0) is 37.5 Å². The van der Waals surface area contributed by atoms with E-state index >= 15 is 0 Å². The van der Waals surface area contributed by atoms with Crippen molar-refractivity contribution in [1.82, 2.24) is 0 Å². The van der Waals surface area contributed by atoms with E-state index in [2.05, 4.69) is 13.8 Å². The second kappa shape index (κ2) is 4.23. The lowest BCUT2D eigenvalue weighted by molar-refractivity contribution is -0.110. The zero-order valence-electron chi connectivity index (χ0n) is 8.62. The molecule has 1 N–H and O–H groups in total. The molecule has 0 radical (unpaired) electrons. The number of hydrogen-bond acceptors (Lipinski definition) is 2. The van der Waals surface area contributed by atoms with Crippen molar-refractivity contribution in [1.29, 1.82) is 0 Å². The number of carbonyl (C=O) groups excluding carboxylic acids is 1. The van der Waals surface area contributed by atoms with E-state index in [1.807, 2.05) is 0 Å². The van der Waals surface area contributed by atoms with Crippen molar-refractivity contribution in [2.75, 3.05) is 0 Å². The van der Waals surface area contributed by atoms with E-state index in [4.69, 9.17) is 0 Å². The van der Waals surface area contributed by atoms with Gasteiger partial charge in [-0.1, -0.05) is 13.8 Å². The van der Waals surface area contributed by atoms with Gasteiger partial charge in [0.05, 0.1) is 5.60 Å². The van der Waals surface area contributed by atoms with Gasteiger partial charge in [0.15, 0.2) is 0 Å². The smallest absolute Gasteiger partial charge is 0.120 e. The largest absolute Gasteiger partial charge is 0.390 e. The van der Waals surface area contributed by atoms with E-state index in [-0.39, 0.29) is 0 Å². The zero-order chi connectivity index (χ0) is 9.90. The van der Waals surface area contributed by atoms with Crippen molar-refractivity contribution in [2.45, 2.75) is 51.6 Å². The summed E-state index contributed by atoms with van der Waals surface area (Å²) < 4.78 is 0. The Morgan fingerprint density at radius 1 is 1.46 bits per heavy atom. The van der Waals surface area contributed by atoms with Gasteiger partial charge >= 0.3 is 0 Å². The Hall–Kier alpha value is -0.370. The molecule has 0 spiro atoms. The Labute approximate surface area is 80.3 Å². The number of aliphatic hydroxyl groups is 1. The van der Waals surface area contributed by atoms with E-state index in [1.54, 1.807) is 0 Å². The minimum Gasteiger partial charge on any atom is -0.390 e. The van der Waals surface area contributed by atoms with Crippen LogP contribution in [0.25, 0.3) is 0 Å². The molecule has 0 aromatic heterocycles. The van der Waals surface area contributed by atoms with Crippen molar-refractivity contribution in [3.05, 3.63) is 0 Å². The normalized spacial score (nSPS) is 40.2. The van der Waals surface area contributed by atoms with E-state index in [1.165, 1.54) is 0 Å². The van der Waals surface area contributed by atoms with Crippen LogP contribution in [0.1, 0.15) is 46.0 Å². The van der Waals surface area contributed by atoms with Crippen molar-refractivity contribution >= 4 is 6.29 Å². The molecule has 0 amide bonds. The Balaban J connectivity index is 2.46. The molecule has 2 heteroatoms. The quantitative estimate of drug-likeness (QED) is 0.682. The summed E-state index contributed by atoms with van der Waals surface area (Å²) in [5.74, 6) is 1.31. The summed E-state index contributed by atoms with van der Waals surface area (Å²) in [5.41, 5.74) is -0.549. The summed E-state index contributed by atoms with van der Waals surface area (Å²) in [7, 11) is 0. The topological polar surface area (TPSA) is 37.3 Å². The van der Waals surface area contributed by atoms with Crippen LogP contribution in [0.4, 0.5) is 0 Å². The SMILES string of the molecule is CC1CCC(O)(CCC=O)CC1C. The average molecular weight is 184 g/mol. The standard InChI is InChI=1S/C11H20O2/c1-9-4-6-11(13,5-3-7-12)8-10(9)2/h7,9-10,13H,3-6,8H2,1-2H3. The van der Waals surface area contributed by atoms with Gasteiger partial charge in [-0.3, -0.25) is 0 Å². The van der Waals surface area contributed by atoms with Gasteiger partial charge in [0.1, 0.15) is 6.29 Å². The predicted molar refractivity (Wildman–Crippen MR) is 52.4 cm³/mol. The summed E-state index contributed by atoms with van der Waals surface area (Å²) >= 11 is 0. The maximum atomic E-state index is 10.2. The van der Waals surface area contributed by atoms with Gasteiger partial charge in [-0.15, -0.1) is 0 Å². The van der Waals surface area contributed by atoms with Crippen molar-refractivity contribution in [3.8, 4) is 0 Å². The molecule has 13 heavy (non-hydrogen) atoms. The molecular weight excluding hydrogens is 164 g/mol. The fourth-order valence-corrected chi connectivity index (χ4v) is 2.24. The monoisotopic (exact) mass is 184 g/mol. The molecule has 0 aromatic rings. The van der Waals surface area contributed by atoms with Crippen LogP contribution in [-0.4, -0.2) is 17.0 Å². The first-order chi connectivity index (χ1) is 6.07. The van der Waals surface area contributed by atoms with E-state index in [9.17, 15) is 9.90 Å². The molecule has 1 rings (SSSR count). The maximum absolute atomic E-state index is 10.2. The number of aldehydes is 1. The Morgan fingerprint density at radius 3 is 2.69 bits per heavy atom. The van der Waals surface area contributed by atoms with Crippen LogP contribution in [0.15, 0.2) is 0 Å². The van der Waals surface area contributed by atoms with Crippen LogP contribution in [0, 0.1) is 11.8 Å². The van der Waals surface area contributed by atoms with Crippen LogP contribution < -0.4 is 0 Å². The molecule has 3 atom stereocenters. The summed E-state index contributed by atoms with van der Waals surface area (Å²) in [6.45, 7) is 4.43. The van der Waals surface area contributed by atoms with Crippen molar-refractivity contribution in [2.24, 2.45) is 11.8 Å². The van der Waals surface area contributed by atoms with Crippen LogP contribution in [0.5, 0.6) is 0 Å². The summed E-state index contributed by atoms with van der Waals surface area (Å²) in [6, 6.07) is 0. The zero-order valence-corrected chi connectivity index (χ0v) is 8.62. The van der Waals surface area contributed by atoms with Gasteiger partial charge in [-0.25, -0.2) is 0 Å². The minimum atomic E-state index is -0.549. The summed E-state index contributed by atoms with van der Waals surface area (Å²) in [4.78, 5) is 10.2. The van der Waals surface area contributed by atoms with Gasteiger partial charge < -0.3 is 9.90 Å². The molecule has 76 valence electrons. The summed E-state index contributed by atoms with van der Waals surface area (Å²) in [6.07, 6.45) is 4.87. The first-order valence-corrected chi connectivity index (χ1v) is 5.23. The molecule has 0 aliphatic heterocycles. The fraction of sp³-hybridized carbons (Fsp3) is 0.909. The summed E-state index contributed by atoms with van der Waals surface area (Å²) in [5, 5.41) is 10.1. The third kappa shape index (κ3) is 2.80. The molecule has 1 fully saturated rings. The molecule has 0 aromatic carbocycles. The second-order valence-electron chi connectivity index (χ2n) is 4.63. The number of carbonyl (C=O) groups is 1. The first kappa shape index (κ1) is 10.7. The second-order valence-corrected chi connectivity index (χ2v) is 4.63. The Bertz CT molecular complexity index is 179. The highest BCUT2D eigenvalue weighted by atomic mass is 16.3. The van der Waals surface area contributed by atoms with Gasteiger partial charge in [-0.2, -0.15) is 0 Å².